The molecule has 0 spiro atoms. The van der Waals surface area contributed by atoms with Crippen LogP contribution in [0.1, 0.15) is 24.3 Å². The summed E-state index contributed by atoms with van der Waals surface area (Å²) in [5.41, 5.74) is -1.01. The highest BCUT2D eigenvalue weighted by Crippen LogP contribution is 2.34. The average molecular weight is 535 g/mol. The van der Waals surface area contributed by atoms with Crippen molar-refractivity contribution in [3.63, 3.8) is 0 Å². The van der Waals surface area contributed by atoms with Gasteiger partial charge < -0.3 is 19.8 Å². The van der Waals surface area contributed by atoms with Crippen LogP contribution in [0.3, 0.4) is 0 Å². The van der Waals surface area contributed by atoms with Crippen LogP contribution in [0.4, 0.5) is 29.5 Å². The number of pyridine rings is 1. The summed E-state index contributed by atoms with van der Waals surface area (Å²) >= 11 is 0. The minimum atomic E-state index is -4.61. The summed E-state index contributed by atoms with van der Waals surface area (Å²) in [5.74, 6) is -1.78. The molecular weight excluding hydrogens is 515 g/mol. The number of alkyl halides is 3. The van der Waals surface area contributed by atoms with Gasteiger partial charge in [-0.05, 0) is 19.9 Å². The Bertz CT molecular complexity index is 1430. The number of nitrogens with one attached hydrogen (secondary N) is 2. The SMILES string of the molecule is Cn1cc(NC(=O)c2coc(-c3ccnc(OC(=O)NCC(F)(F)F)c3)n2)c(N2CC(=O)C(C)(C)C2=O)n1. The number of carbonyl (C=O) groups excluding carboxylic acids is 4. The Balaban J connectivity index is 1.47. The maximum atomic E-state index is 12.9. The Kier molecular flexibility index (Phi) is 6.65. The molecule has 1 aliphatic heterocycles. The van der Waals surface area contributed by atoms with Crippen LogP contribution < -0.4 is 20.3 Å². The molecule has 3 aromatic rings. The van der Waals surface area contributed by atoms with Gasteiger partial charge in [0.25, 0.3) is 5.91 Å². The fraction of sp³-hybridized carbons (Fsp3) is 0.318. The molecule has 4 heterocycles. The summed E-state index contributed by atoms with van der Waals surface area (Å²) in [5, 5.41) is 8.32. The molecule has 0 saturated carbocycles. The molecule has 2 N–H and O–H groups in total. The van der Waals surface area contributed by atoms with Crippen LogP contribution in [-0.4, -0.2) is 62.7 Å². The van der Waals surface area contributed by atoms with Gasteiger partial charge in [0.2, 0.25) is 17.7 Å². The summed E-state index contributed by atoms with van der Waals surface area (Å²) in [6.07, 6.45) is -2.28. The van der Waals surface area contributed by atoms with Gasteiger partial charge in [-0.15, -0.1) is 0 Å². The number of hydrogen-bond donors (Lipinski definition) is 2. The summed E-state index contributed by atoms with van der Waals surface area (Å²) in [7, 11) is 1.58. The molecule has 3 aromatic heterocycles. The van der Waals surface area contributed by atoms with Gasteiger partial charge in [0.05, 0.1) is 12.7 Å². The van der Waals surface area contributed by atoms with E-state index in [9.17, 15) is 32.3 Å². The number of rotatable bonds is 6. The highest BCUT2D eigenvalue weighted by molar-refractivity contribution is 6.21. The van der Waals surface area contributed by atoms with Crippen molar-refractivity contribution in [1.82, 2.24) is 25.1 Å². The zero-order chi connectivity index (χ0) is 27.8. The summed E-state index contributed by atoms with van der Waals surface area (Å²) in [4.78, 5) is 58.4. The summed E-state index contributed by atoms with van der Waals surface area (Å²) < 4.78 is 48.1. The molecule has 1 saturated heterocycles. The number of aromatic nitrogens is 4. The van der Waals surface area contributed by atoms with Crippen molar-refractivity contribution in [2.45, 2.75) is 20.0 Å². The van der Waals surface area contributed by atoms with E-state index in [0.29, 0.717) is 0 Å². The van der Waals surface area contributed by atoms with Crippen molar-refractivity contribution in [2.24, 2.45) is 12.5 Å². The third-order valence-electron chi connectivity index (χ3n) is 5.44. The number of anilines is 2. The number of halogens is 3. The lowest BCUT2D eigenvalue weighted by Gasteiger charge is -2.17. The molecule has 0 aromatic carbocycles. The molecule has 0 unspecified atom stereocenters. The van der Waals surface area contributed by atoms with Crippen LogP contribution >= 0.6 is 0 Å². The summed E-state index contributed by atoms with van der Waals surface area (Å²) in [6.45, 7) is 1.25. The van der Waals surface area contributed by atoms with Crippen LogP contribution in [-0.2, 0) is 16.6 Å². The molecule has 1 aliphatic rings. The van der Waals surface area contributed by atoms with Gasteiger partial charge in [0.1, 0.15) is 23.9 Å². The third kappa shape index (κ3) is 5.47. The molecule has 3 amide bonds. The largest absolute Gasteiger partial charge is 0.444 e. The van der Waals surface area contributed by atoms with E-state index in [2.05, 4.69) is 20.4 Å². The smallest absolute Gasteiger partial charge is 0.414 e. The quantitative estimate of drug-likeness (QED) is 0.451. The first kappa shape index (κ1) is 26.3. The minimum absolute atomic E-state index is 0.0772. The van der Waals surface area contributed by atoms with Gasteiger partial charge in [-0.3, -0.25) is 24.0 Å². The van der Waals surface area contributed by atoms with E-state index in [1.54, 1.807) is 12.4 Å². The Morgan fingerprint density at radius 3 is 2.66 bits per heavy atom. The molecule has 0 aliphatic carbocycles. The molecule has 1 fully saturated rings. The predicted octanol–water partition coefficient (Wildman–Crippen LogP) is 2.32. The van der Waals surface area contributed by atoms with Gasteiger partial charge in [0, 0.05) is 24.9 Å². The number of amides is 3. The first-order chi connectivity index (χ1) is 17.7. The van der Waals surface area contributed by atoms with Crippen LogP contribution in [0.5, 0.6) is 5.88 Å². The fourth-order valence-electron chi connectivity index (χ4n) is 3.40. The van der Waals surface area contributed by atoms with Crippen LogP contribution in [0.25, 0.3) is 11.5 Å². The zero-order valence-electron chi connectivity index (χ0n) is 20.1. The number of oxazole rings is 1. The van der Waals surface area contributed by atoms with Crippen LogP contribution in [0.15, 0.2) is 35.2 Å². The summed E-state index contributed by atoms with van der Waals surface area (Å²) in [6, 6.07) is 2.59. The number of carbonyl (C=O) groups is 4. The monoisotopic (exact) mass is 535 g/mol. The van der Waals surface area contributed by atoms with Gasteiger partial charge in [-0.1, -0.05) is 0 Å². The number of Topliss-reactive ketones (excluding diaryl/α,β-unsaturated/α-hetero) is 1. The lowest BCUT2D eigenvalue weighted by atomic mass is 9.91. The maximum Gasteiger partial charge on any atom is 0.414 e. The van der Waals surface area contributed by atoms with E-state index >= 15 is 0 Å². The molecule has 0 atom stereocenters. The highest BCUT2D eigenvalue weighted by Gasteiger charge is 2.48. The number of ether oxygens (including phenoxy) is 1. The van der Waals surface area contributed by atoms with Crippen molar-refractivity contribution in [2.75, 3.05) is 23.3 Å². The van der Waals surface area contributed by atoms with Crippen LogP contribution in [0.2, 0.25) is 0 Å². The Morgan fingerprint density at radius 2 is 2.00 bits per heavy atom. The Hall–Kier alpha value is -4.76. The van der Waals surface area contributed by atoms with Gasteiger partial charge >= 0.3 is 12.3 Å². The Labute approximate surface area is 212 Å². The van der Waals surface area contributed by atoms with Crippen LogP contribution in [0, 0.1) is 5.41 Å². The van der Waals surface area contributed by atoms with Gasteiger partial charge in [0.15, 0.2) is 17.3 Å². The molecule has 200 valence electrons. The lowest BCUT2D eigenvalue weighted by molar-refractivity contribution is -0.132. The number of aryl methyl sites for hydroxylation is 1. The zero-order valence-corrected chi connectivity index (χ0v) is 20.1. The normalized spacial score (nSPS) is 15.1. The average Bonchev–Trinajstić information content (AvgIpc) is 3.51. The van der Waals surface area contributed by atoms with Crippen molar-refractivity contribution in [1.29, 1.82) is 0 Å². The second-order valence-corrected chi connectivity index (χ2v) is 8.71. The molecule has 13 nitrogen and oxygen atoms in total. The first-order valence-corrected chi connectivity index (χ1v) is 10.9. The van der Waals surface area contributed by atoms with Gasteiger partial charge in [-0.2, -0.15) is 18.3 Å². The lowest BCUT2D eigenvalue weighted by Crippen LogP contribution is -2.35. The minimum Gasteiger partial charge on any atom is -0.444 e. The first-order valence-electron chi connectivity index (χ1n) is 10.9. The van der Waals surface area contributed by atoms with Gasteiger partial charge in [-0.25, -0.2) is 14.8 Å². The van der Waals surface area contributed by atoms with Crippen molar-refractivity contribution < 1.29 is 41.5 Å². The standard InChI is InChI=1S/C22H20F3N7O6/c1-21(2)14(33)8-32(19(21)35)16-12(7-31(3)30-16)28-17(34)13-9-37-18(29-13)11-4-5-26-15(6-11)38-20(36)27-10-22(23,24)25/h4-7,9H,8,10H2,1-3H3,(H,27,36)(H,28,34). The predicted molar refractivity (Wildman–Crippen MR) is 122 cm³/mol. The van der Waals surface area contributed by atoms with Crippen molar-refractivity contribution in [3.8, 4) is 17.3 Å². The molecule has 0 bridgehead atoms. The number of hydrogen-bond acceptors (Lipinski definition) is 9. The van der Waals surface area contributed by atoms with E-state index in [1.807, 2.05) is 0 Å². The molecule has 16 heteroatoms. The maximum absolute atomic E-state index is 12.9. The molecule has 4 rings (SSSR count). The van der Waals surface area contributed by atoms with E-state index < -0.39 is 36.0 Å². The van der Waals surface area contributed by atoms with Crippen molar-refractivity contribution in [3.05, 3.63) is 36.5 Å². The van der Waals surface area contributed by atoms with Crippen molar-refractivity contribution >= 4 is 35.2 Å². The topological polar surface area (TPSA) is 162 Å². The number of ketones is 1. The fourth-order valence-corrected chi connectivity index (χ4v) is 3.40. The molecule has 0 radical (unpaired) electrons. The van der Waals surface area contributed by atoms with E-state index in [0.717, 1.165) is 6.26 Å². The number of nitrogens with zero attached hydrogens (tertiary/aromatic N) is 5. The molecule has 38 heavy (non-hydrogen) atoms. The Morgan fingerprint density at radius 1 is 1.26 bits per heavy atom. The second kappa shape index (κ2) is 9.60. The van der Waals surface area contributed by atoms with E-state index in [-0.39, 0.29) is 46.9 Å². The molecular formula is C22H20F3N7O6. The highest BCUT2D eigenvalue weighted by atomic mass is 19.4. The van der Waals surface area contributed by atoms with E-state index in [1.165, 1.54) is 48.0 Å². The van der Waals surface area contributed by atoms with E-state index in [4.69, 9.17) is 9.15 Å². The third-order valence-corrected chi connectivity index (χ3v) is 5.44. The second-order valence-electron chi connectivity index (χ2n) is 8.71.